The fourth-order valence-corrected chi connectivity index (χ4v) is 7.25. The Morgan fingerprint density at radius 2 is 1.84 bits per heavy atom. The van der Waals surface area contributed by atoms with Gasteiger partial charge in [0.05, 0.1) is 24.4 Å². The van der Waals surface area contributed by atoms with E-state index in [2.05, 4.69) is 26.0 Å². The zero-order valence-electron chi connectivity index (χ0n) is 20.1. The fraction of sp³-hybridized carbons (Fsp3) is 0.852. The van der Waals surface area contributed by atoms with E-state index in [1.807, 2.05) is 13.8 Å². The van der Waals surface area contributed by atoms with Crippen LogP contribution in [0.3, 0.4) is 0 Å². The Labute approximate surface area is 188 Å². The van der Waals surface area contributed by atoms with Gasteiger partial charge in [0.25, 0.3) is 0 Å². The van der Waals surface area contributed by atoms with Crippen molar-refractivity contribution in [1.29, 1.82) is 0 Å². The van der Waals surface area contributed by atoms with Crippen LogP contribution in [0.5, 0.6) is 0 Å². The monoisotopic (exact) mass is 432 g/mol. The molecular formula is C27H44O4. The van der Waals surface area contributed by atoms with E-state index in [1.54, 1.807) is 5.57 Å². The lowest BCUT2D eigenvalue weighted by Gasteiger charge is -2.44. The summed E-state index contributed by atoms with van der Waals surface area (Å²) < 4.78 is 5.40. The van der Waals surface area contributed by atoms with Gasteiger partial charge in [-0.25, -0.2) is 0 Å². The van der Waals surface area contributed by atoms with Crippen LogP contribution in [0.1, 0.15) is 91.9 Å². The summed E-state index contributed by atoms with van der Waals surface area (Å²) in [6, 6.07) is 0. The Morgan fingerprint density at radius 3 is 2.45 bits per heavy atom. The number of hydrogen-bond donors (Lipinski definition) is 3. The summed E-state index contributed by atoms with van der Waals surface area (Å²) in [6.45, 7) is 9.28. The van der Waals surface area contributed by atoms with Crippen LogP contribution >= 0.6 is 0 Å². The highest BCUT2D eigenvalue weighted by Crippen LogP contribution is 2.60. The molecule has 0 bridgehead atoms. The predicted molar refractivity (Wildman–Crippen MR) is 124 cm³/mol. The van der Waals surface area contributed by atoms with Gasteiger partial charge in [-0.05, 0) is 88.4 Å². The number of allylic oxidation sites excluding steroid dienone is 3. The van der Waals surface area contributed by atoms with Crippen molar-refractivity contribution < 1.29 is 20.1 Å². The highest BCUT2D eigenvalue weighted by Gasteiger charge is 2.59. The van der Waals surface area contributed by atoms with Crippen molar-refractivity contribution in [3.63, 3.8) is 0 Å². The minimum absolute atomic E-state index is 0.383. The molecule has 1 aliphatic heterocycles. The average Bonchev–Trinajstić information content (AvgIpc) is 3.40. The fourth-order valence-electron chi connectivity index (χ4n) is 7.25. The van der Waals surface area contributed by atoms with E-state index in [4.69, 9.17) is 4.74 Å². The zero-order valence-corrected chi connectivity index (χ0v) is 20.1. The molecule has 0 aromatic rings. The van der Waals surface area contributed by atoms with Crippen LogP contribution in [0.25, 0.3) is 0 Å². The third-order valence-electron chi connectivity index (χ3n) is 9.22. The normalized spacial score (nSPS) is 42.7. The first kappa shape index (κ1) is 23.5. The Kier molecular flexibility index (Phi) is 6.51. The Bertz CT molecular complexity index is 697. The second-order valence-corrected chi connectivity index (χ2v) is 12.0. The molecule has 4 nitrogen and oxygen atoms in total. The molecule has 1 saturated heterocycles. The van der Waals surface area contributed by atoms with E-state index in [0.717, 1.165) is 24.3 Å². The van der Waals surface area contributed by atoms with E-state index < -0.39 is 23.4 Å². The molecule has 3 unspecified atom stereocenters. The largest absolute Gasteiger partial charge is 0.390 e. The summed E-state index contributed by atoms with van der Waals surface area (Å²) in [5.74, 6) is 2.13. The average molecular weight is 433 g/mol. The van der Waals surface area contributed by atoms with Crippen LogP contribution in [0, 0.1) is 23.2 Å². The quantitative estimate of drug-likeness (QED) is 0.521. The molecule has 4 heteroatoms. The Hall–Kier alpha value is -0.680. The van der Waals surface area contributed by atoms with Crippen molar-refractivity contribution in [2.24, 2.45) is 23.2 Å². The molecule has 4 aliphatic rings. The summed E-state index contributed by atoms with van der Waals surface area (Å²) in [7, 11) is 0. The molecule has 0 aromatic carbocycles. The molecule has 4 rings (SSSR count). The predicted octanol–water partition coefficient (Wildman–Crippen LogP) is 4.92. The van der Waals surface area contributed by atoms with Crippen molar-refractivity contribution in [2.75, 3.05) is 6.61 Å². The van der Waals surface area contributed by atoms with E-state index in [-0.39, 0.29) is 0 Å². The molecule has 31 heavy (non-hydrogen) atoms. The minimum atomic E-state index is -0.673. The van der Waals surface area contributed by atoms with Crippen molar-refractivity contribution in [3.8, 4) is 0 Å². The first-order valence-electron chi connectivity index (χ1n) is 12.7. The number of rotatable bonds is 6. The zero-order chi connectivity index (χ0) is 22.4. The molecule has 3 aliphatic carbocycles. The van der Waals surface area contributed by atoms with Gasteiger partial charge in [-0.2, -0.15) is 0 Å². The number of fused-ring (bicyclic) bond motifs is 1. The van der Waals surface area contributed by atoms with Gasteiger partial charge in [0, 0.05) is 0 Å². The molecule has 6 atom stereocenters. The summed E-state index contributed by atoms with van der Waals surface area (Å²) >= 11 is 0. The van der Waals surface area contributed by atoms with Gasteiger partial charge in [-0.15, -0.1) is 0 Å². The smallest absolute Gasteiger partial charge is 0.144 e. The van der Waals surface area contributed by atoms with Gasteiger partial charge in [-0.3, -0.25) is 0 Å². The molecule has 4 fully saturated rings. The van der Waals surface area contributed by atoms with E-state index in [9.17, 15) is 15.3 Å². The molecule has 0 radical (unpaired) electrons. The third kappa shape index (κ3) is 4.69. The highest BCUT2D eigenvalue weighted by molar-refractivity contribution is 5.28. The molecule has 3 saturated carbocycles. The number of epoxide rings is 1. The SMILES string of the molecule is C[C@H](CCCC(C)(C)O)C1CCC2/C(=C/C=C3C[C@@H](O)C4(CO4)[C@H](O)C3)CCCC21C. The lowest BCUT2D eigenvalue weighted by atomic mass is 9.60. The van der Waals surface area contributed by atoms with Gasteiger partial charge in [0.15, 0.2) is 0 Å². The third-order valence-corrected chi connectivity index (χ3v) is 9.22. The van der Waals surface area contributed by atoms with Crippen molar-refractivity contribution in [3.05, 3.63) is 23.3 Å². The van der Waals surface area contributed by atoms with Crippen molar-refractivity contribution in [1.82, 2.24) is 0 Å². The maximum atomic E-state index is 10.4. The van der Waals surface area contributed by atoms with Crippen molar-refractivity contribution in [2.45, 2.75) is 115 Å². The second-order valence-electron chi connectivity index (χ2n) is 12.0. The molecule has 1 heterocycles. The number of aliphatic hydroxyl groups is 3. The van der Waals surface area contributed by atoms with E-state index >= 15 is 0 Å². The topological polar surface area (TPSA) is 73.2 Å². The summed E-state index contributed by atoms with van der Waals surface area (Å²) in [5, 5.41) is 30.9. The number of ether oxygens (including phenoxy) is 1. The van der Waals surface area contributed by atoms with Gasteiger partial charge < -0.3 is 20.1 Å². The maximum absolute atomic E-state index is 10.4. The van der Waals surface area contributed by atoms with Crippen molar-refractivity contribution >= 4 is 0 Å². The standard InChI is InChI=1S/C27H44O4/c1-18(7-5-13-25(2,3)30)21-11-12-22-20(8-6-14-26(21,22)4)10-9-19-15-23(28)27(17-31-27)24(29)16-19/h9-10,18,21-24,28-30H,5-8,11-17H2,1-4H3/b19-9?,20-10+/t18-,21?,22?,23-,24-,26?,27?/m1/s1. The van der Waals surface area contributed by atoms with Gasteiger partial charge in [0.2, 0.25) is 0 Å². The minimum Gasteiger partial charge on any atom is -0.390 e. The summed E-state index contributed by atoms with van der Waals surface area (Å²) in [5.41, 5.74) is 1.89. The van der Waals surface area contributed by atoms with Crippen LogP contribution < -0.4 is 0 Å². The van der Waals surface area contributed by atoms with Crippen LogP contribution in [-0.4, -0.2) is 45.3 Å². The molecule has 0 aromatic heterocycles. The first-order chi connectivity index (χ1) is 14.6. The molecule has 176 valence electrons. The Morgan fingerprint density at radius 1 is 1.16 bits per heavy atom. The van der Waals surface area contributed by atoms with Crippen LogP contribution in [0.4, 0.5) is 0 Å². The first-order valence-corrected chi connectivity index (χ1v) is 12.7. The Balaban J connectivity index is 1.41. The summed E-state index contributed by atoms with van der Waals surface area (Å²) in [6.07, 6.45) is 14.2. The van der Waals surface area contributed by atoms with Gasteiger partial charge in [-0.1, -0.05) is 50.0 Å². The summed E-state index contributed by atoms with van der Waals surface area (Å²) in [4.78, 5) is 0. The van der Waals surface area contributed by atoms with Crippen LogP contribution in [-0.2, 0) is 4.74 Å². The second kappa shape index (κ2) is 8.59. The number of hydrogen-bond acceptors (Lipinski definition) is 4. The molecule has 3 N–H and O–H groups in total. The van der Waals surface area contributed by atoms with E-state index in [0.29, 0.717) is 36.7 Å². The highest BCUT2D eigenvalue weighted by atomic mass is 16.6. The lowest BCUT2D eigenvalue weighted by molar-refractivity contribution is -0.0292. The maximum Gasteiger partial charge on any atom is 0.144 e. The van der Waals surface area contributed by atoms with Crippen LogP contribution in [0.2, 0.25) is 0 Å². The number of aliphatic hydroxyl groups excluding tert-OH is 2. The van der Waals surface area contributed by atoms with Crippen LogP contribution in [0.15, 0.2) is 23.3 Å². The molecular weight excluding hydrogens is 388 g/mol. The van der Waals surface area contributed by atoms with Gasteiger partial charge >= 0.3 is 0 Å². The van der Waals surface area contributed by atoms with E-state index in [1.165, 1.54) is 38.5 Å². The molecule has 0 amide bonds. The lowest BCUT2D eigenvalue weighted by Crippen LogP contribution is -2.45. The molecule has 1 spiro atoms. The van der Waals surface area contributed by atoms with Gasteiger partial charge in [0.1, 0.15) is 5.60 Å².